The van der Waals surface area contributed by atoms with Gasteiger partial charge in [-0.3, -0.25) is 10.1 Å². The summed E-state index contributed by atoms with van der Waals surface area (Å²) in [5.41, 5.74) is 2.39. The molecule has 0 saturated heterocycles. The number of nitrogens with zero attached hydrogens (tertiary/aromatic N) is 4. The molecule has 1 heterocycles. The van der Waals surface area contributed by atoms with E-state index in [9.17, 15) is 4.79 Å². The molecule has 24 heavy (non-hydrogen) atoms. The zero-order valence-corrected chi connectivity index (χ0v) is 14.7. The molecule has 1 aromatic heterocycles. The molecule has 2 rings (SSSR count). The number of rotatable bonds is 8. The summed E-state index contributed by atoms with van der Waals surface area (Å²) in [6, 6.07) is 5.89. The molecule has 0 fully saturated rings. The number of amides is 1. The number of aromatic nitrogens is 3. The van der Waals surface area contributed by atoms with Crippen LogP contribution in [0.1, 0.15) is 17.5 Å². The summed E-state index contributed by atoms with van der Waals surface area (Å²) in [5.74, 6) is 0.936. The van der Waals surface area contributed by atoms with E-state index in [-0.39, 0.29) is 12.3 Å². The summed E-state index contributed by atoms with van der Waals surface area (Å²) in [4.78, 5) is 18.1. The molecule has 0 saturated carbocycles. The maximum absolute atomic E-state index is 11.9. The average molecular weight is 331 g/mol. The Hall–Kier alpha value is -2.41. The Labute approximate surface area is 142 Å². The number of benzene rings is 1. The fourth-order valence-corrected chi connectivity index (χ4v) is 2.01. The van der Waals surface area contributed by atoms with Gasteiger partial charge in [-0.1, -0.05) is 6.07 Å². The van der Waals surface area contributed by atoms with Crippen LogP contribution in [-0.2, 0) is 11.3 Å². The van der Waals surface area contributed by atoms with Gasteiger partial charge in [-0.05, 0) is 51.2 Å². The van der Waals surface area contributed by atoms with Gasteiger partial charge in [-0.2, -0.15) is 0 Å². The molecule has 0 bridgehead atoms. The highest BCUT2D eigenvalue weighted by molar-refractivity contribution is 5.88. The highest BCUT2D eigenvalue weighted by atomic mass is 16.5. The fourth-order valence-electron chi connectivity index (χ4n) is 2.01. The minimum absolute atomic E-state index is 0.163. The molecule has 1 amide bonds. The molecule has 0 spiro atoms. The third-order valence-corrected chi connectivity index (χ3v) is 3.64. The average Bonchev–Trinajstić information content (AvgIpc) is 2.96. The van der Waals surface area contributed by atoms with Crippen LogP contribution in [0.3, 0.4) is 0 Å². The lowest BCUT2D eigenvalue weighted by Gasteiger charge is -2.08. The van der Waals surface area contributed by atoms with Gasteiger partial charge in [0.05, 0.1) is 19.6 Å². The van der Waals surface area contributed by atoms with Crippen LogP contribution in [0.5, 0.6) is 5.75 Å². The van der Waals surface area contributed by atoms with Crippen LogP contribution in [0.2, 0.25) is 0 Å². The number of nitrogens with one attached hydrogen (secondary N) is 1. The Bertz CT molecular complexity index is 681. The molecule has 7 nitrogen and oxygen atoms in total. The van der Waals surface area contributed by atoms with E-state index in [1.54, 1.807) is 11.0 Å². The van der Waals surface area contributed by atoms with E-state index < -0.39 is 0 Å². The maximum Gasteiger partial charge on any atom is 0.248 e. The van der Waals surface area contributed by atoms with Crippen LogP contribution in [0, 0.1) is 13.8 Å². The van der Waals surface area contributed by atoms with Crippen molar-refractivity contribution in [1.82, 2.24) is 19.7 Å². The molecule has 1 aromatic carbocycles. The summed E-state index contributed by atoms with van der Waals surface area (Å²) in [5, 5.41) is 6.90. The normalized spacial score (nSPS) is 10.9. The third-order valence-electron chi connectivity index (χ3n) is 3.64. The second kappa shape index (κ2) is 8.44. The summed E-state index contributed by atoms with van der Waals surface area (Å²) < 4.78 is 7.32. The molecular formula is C17H25N5O2. The van der Waals surface area contributed by atoms with E-state index in [0.717, 1.165) is 18.8 Å². The second-order valence-electron chi connectivity index (χ2n) is 6.03. The van der Waals surface area contributed by atoms with Gasteiger partial charge < -0.3 is 9.64 Å². The zero-order valence-electron chi connectivity index (χ0n) is 14.7. The van der Waals surface area contributed by atoms with Crippen molar-refractivity contribution in [3.05, 3.63) is 35.7 Å². The molecule has 7 heteroatoms. The number of ether oxygens (including phenoxy) is 1. The van der Waals surface area contributed by atoms with Crippen molar-refractivity contribution in [2.24, 2.45) is 0 Å². The SMILES string of the molecule is Cc1ccc(OCCC(=O)Nc2ncn(CCN(C)C)n2)cc1C. The lowest BCUT2D eigenvalue weighted by atomic mass is 10.1. The van der Waals surface area contributed by atoms with Gasteiger partial charge in [0.25, 0.3) is 0 Å². The lowest BCUT2D eigenvalue weighted by Crippen LogP contribution is -2.19. The van der Waals surface area contributed by atoms with Gasteiger partial charge in [0.1, 0.15) is 12.1 Å². The Kier molecular flexibility index (Phi) is 6.31. The predicted octanol–water partition coefficient (Wildman–Crippen LogP) is 1.86. The van der Waals surface area contributed by atoms with Crippen molar-refractivity contribution < 1.29 is 9.53 Å². The zero-order chi connectivity index (χ0) is 17.5. The van der Waals surface area contributed by atoms with Crippen molar-refractivity contribution in [1.29, 1.82) is 0 Å². The molecule has 0 aliphatic heterocycles. The predicted molar refractivity (Wildman–Crippen MR) is 93.2 cm³/mol. The molecule has 2 aromatic rings. The number of carbonyl (C=O) groups is 1. The monoisotopic (exact) mass is 331 g/mol. The molecule has 0 aliphatic carbocycles. The molecule has 0 unspecified atom stereocenters. The second-order valence-corrected chi connectivity index (χ2v) is 6.03. The highest BCUT2D eigenvalue weighted by Gasteiger charge is 2.07. The number of likely N-dealkylation sites (N-methyl/N-ethyl adjacent to an activating group) is 1. The van der Waals surface area contributed by atoms with Crippen molar-refractivity contribution in [2.75, 3.05) is 32.6 Å². The van der Waals surface area contributed by atoms with Crippen molar-refractivity contribution in [3.63, 3.8) is 0 Å². The largest absolute Gasteiger partial charge is 0.493 e. The van der Waals surface area contributed by atoms with E-state index >= 15 is 0 Å². The first-order valence-corrected chi connectivity index (χ1v) is 7.98. The number of anilines is 1. The van der Waals surface area contributed by atoms with E-state index in [1.807, 2.05) is 39.2 Å². The smallest absolute Gasteiger partial charge is 0.248 e. The number of hydrogen-bond acceptors (Lipinski definition) is 5. The minimum Gasteiger partial charge on any atom is -0.493 e. The van der Waals surface area contributed by atoms with E-state index in [1.165, 1.54) is 11.1 Å². The van der Waals surface area contributed by atoms with E-state index in [2.05, 4.69) is 27.2 Å². The van der Waals surface area contributed by atoms with Crippen LogP contribution in [-0.4, -0.2) is 52.8 Å². The van der Waals surface area contributed by atoms with Crippen LogP contribution >= 0.6 is 0 Å². The summed E-state index contributed by atoms with van der Waals surface area (Å²) in [6.45, 7) is 5.99. The van der Waals surface area contributed by atoms with Crippen LogP contribution in [0.15, 0.2) is 24.5 Å². The quantitative estimate of drug-likeness (QED) is 0.799. The molecule has 0 aliphatic rings. The van der Waals surface area contributed by atoms with Crippen LogP contribution < -0.4 is 10.1 Å². The first-order chi connectivity index (χ1) is 11.4. The van der Waals surface area contributed by atoms with Crippen molar-refractivity contribution >= 4 is 11.9 Å². The van der Waals surface area contributed by atoms with E-state index in [0.29, 0.717) is 12.6 Å². The summed E-state index contributed by atoms with van der Waals surface area (Å²) >= 11 is 0. The van der Waals surface area contributed by atoms with Crippen molar-refractivity contribution in [3.8, 4) is 5.75 Å². The first-order valence-electron chi connectivity index (χ1n) is 7.98. The molecule has 1 N–H and O–H groups in total. The van der Waals surface area contributed by atoms with Gasteiger partial charge in [0.2, 0.25) is 11.9 Å². The Morgan fingerprint density at radius 3 is 2.79 bits per heavy atom. The topological polar surface area (TPSA) is 72.3 Å². The van der Waals surface area contributed by atoms with Gasteiger partial charge in [0, 0.05) is 6.54 Å². The fraction of sp³-hybridized carbons (Fsp3) is 0.471. The minimum atomic E-state index is -0.163. The standard InChI is InChI=1S/C17H25N5O2/c1-13-5-6-15(11-14(13)2)24-10-7-16(23)19-17-18-12-22(20-17)9-8-21(3)4/h5-6,11-12H,7-10H2,1-4H3,(H,19,20,23). The summed E-state index contributed by atoms with van der Waals surface area (Å²) in [7, 11) is 3.99. The molecular weight excluding hydrogens is 306 g/mol. The summed E-state index contributed by atoms with van der Waals surface area (Å²) in [6.07, 6.45) is 1.86. The van der Waals surface area contributed by atoms with Crippen molar-refractivity contribution in [2.45, 2.75) is 26.8 Å². The van der Waals surface area contributed by atoms with Crippen LogP contribution in [0.4, 0.5) is 5.95 Å². The van der Waals surface area contributed by atoms with Gasteiger partial charge in [-0.15, -0.1) is 5.10 Å². The molecule has 0 atom stereocenters. The molecule has 130 valence electrons. The van der Waals surface area contributed by atoms with Gasteiger partial charge >= 0.3 is 0 Å². The van der Waals surface area contributed by atoms with Gasteiger partial charge in [-0.25, -0.2) is 9.67 Å². The third kappa shape index (κ3) is 5.66. The van der Waals surface area contributed by atoms with Gasteiger partial charge in [0.15, 0.2) is 0 Å². The number of carbonyl (C=O) groups excluding carboxylic acids is 1. The Morgan fingerprint density at radius 1 is 1.29 bits per heavy atom. The molecule has 0 radical (unpaired) electrons. The number of aryl methyl sites for hydroxylation is 2. The first kappa shape index (κ1) is 17.9. The maximum atomic E-state index is 11.9. The highest BCUT2D eigenvalue weighted by Crippen LogP contribution is 2.16. The van der Waals surface area contributed by atoms with E-state index in [4.69, 9.17) is 4.74 Å². The Balaban J connectivity index is 1.74. The Morgan fingerprint density at radius 2 is 2.08 bits per heavy atom. The number of hydrogen-bond donors (Lipinski definition) is 1. The lowest BCUT2D eigenvalue weighted by molar-refractivity contribution is -0.116. The van der Waals surface area contributed by atoms with Crippen LogP contribution in [0.25, 0.3) is 0 Å².